The van der Waals surface area contributed by atoms with E-state index in [1.54, 1.807) is 20.3 Å². The van der Waals surface area contributed by atoms with Gasteiger partial charge in [0, 0.05) is 22.7 Å². The second-order valence-corrected chi connectivity index (χ2v) is 7.63. The summed E-state index contributed by atoms with van der Waals surface area (Å²) in [6, 6.07) is 19.4. The first-order valence-electron chi connectivity index (χ1n) is 9.66. The number of benzene rings is 3. The highest BCUT2D eigenvalue weighted by Gasteiger charge is 2.11. The standard InChI is InChI=1S/C24H25Cl2NO3/c1-28-21-8-6-17(7-9-21)10-11-27-15-19-13-23(29-2)24(14-22(19)26)30-16-18-4-3-5-20(25)12-18/h3-9,12-14,27H,10-11,15-16H2,1-2H3. The molecule has 30 heavy (non-hydrogen) atoms. The van der Waals surface area contributed by atoms with Gasteiger partial charge in [-0.15, -0.1) is 0 Å². The Morgan fingerprint density at radius 3 is 2.33 bits per heavy atom. The number of nitrogens with one attached hydrogen (secondary N) is 1. The van der Waals surface area contributed by atoms with Crippen LogP contribution in [0.2, 0.25) is 10.0 Å². The lowest BCUT2D eigenvalue weighted by molar-refractivity contribution is 0.284. The zero-order valence-electron chi connectivity index (χ0n) is 17.1. The Balaban J connectivity index is 1.56. The Labute approximate surface area is 187 Å². The molecule has 0 bridgehead atoms. The molecule has 0 atom stereocenters. The largest absolute Gasteiger partial charge is 0.497 e. The molecule has 4 nitrogen and oxygen atoms in total. The van der Waals surface area contributed by atoms with Crippen molar-refractivity contribution < 1.29 is 14.2 Å². The van der Waals surface area contributed by atoms with E-state index in [4.69, 9.17) is 37.4 Å². The number of hydrogen-bond donors (Lipinski definition) is 1. The van der Waals surface area contributed by atoms with E-state index in [2.05, 4.69) is 17.4 Å². The van der Waals surface area contributed by atoms with Gasteiger partial charge in [0.1, 0.15) is 12.4 Å². The lowest BCUT2D eigenvalue weighted by atomic mass is 10.1. The van der Waals surface area contributed by atoms with E-state index >= 15 is 0 Å². The highest BCUT2D eigenvalue weighted by atomic mass is 35.5. The molecule has 1 N–H and O–H groups in total. The zero-order chi connectivity index (χ0) is 21.3. The molecule has 0 aliphatic carbocycles. The molecule has 0 spiro atoms. The first kappa shape index (κ1) is 22.3. The monoisotopic (exact) mass is 445 g/mol. The van der Waals surface area contributed by atoms with Gasteiger partial charge in [0.05, 0.1) is 14.2 Å². The molecule has 6 heteroatoms. The molecule has 0 amide bonds. The Bertz CT molecular complexity index is 961. The van der Waals surface area contributed by atoms with Crippen LogP contribution in [0.1, 0.15) is 16.7 Å². The molecular formula is C24H25Cl2NO3. The molecular weight excluding hydrogens is 421 g/mol. The fourth-order valence-corrected chi connectivity index (χ4v) is 3.45. The van der Waals surface area contributed by atoms with Gasteiger partial charge >= 0.3 is 0 Å². The smallest absolute Gasteiger partial charge is 0.163 e. The molecule has 3 aromatic rings. The lowest BCUT2D eigenvalue weighted by Gasteiger charge is -2.14. The number of methoxy groups -OCH3 is 2. The molecule has 0 saturated heterocycles. The van der Waals surface area contributed by atoms with E-state index in [-0.39, 0.29) is 0 Å². The number of rotatable bonds is 10. The van der Waals surface area contributed by atoms with E-state index < -0.39 is 0 Å². The van der Waals surface area contributed by atoms with Crippen molar-refractivity contribution >= 4 is 23.2 Å². The Morgan fingerprint density at radius 1 is 0.833 bits per heavy atom. The van der Waals surface area contributed by atoms with Crippen molar-refractivity contribution in [2.75, 3.05) is 20.8 Å². The molecule has 0 aliphatic rings. The van der Waals surface area contributed by atoms with Crippen LogP contribution in [-0.4, -0.2) is 20.8 Å². The van der Waals surface area contributed by atoms with Gasteiger partial charge in [-0.3, -0.25) is 0 Å². The van der Waals surface area contributed by atoms with Crippen molar-refractivity contribution in [1.82, 2.24) is 5.32 Å². The van der Waals surface area contributed by atoms with Crippen molar-refractivity contribution in [3.05, 3.63) is 87.4 Å². The SMILES string of the molecule is COc1ccc(CCNCc2cc(OC)c(OCc3cccc(Cl)c3)cc2Cl)cc1. The summed E-state index contributed by atoms with van der Waals surface area (Å²) in [4.78, 5) is 0. The van der Waals surface area contributed by atoms with E-state index in [0.29, 0.717) is 34.7 Å². The van der Waals surface area contributed by atoms with Gasteiger partial charge in [-0.25, -0.2) is 0 Å². The highest BCUT2D eigenvalue weighted by molar-refractivity contribution is 6.31. The lowest BCUT2D eigenvalue weighted by Crippen LogP contribution is -2.17. The maximum absolute atomic E-state index is 6.48. The Morgan fingerprint density at radius 2 is 1.63 bits per heavy atom. The summed E-state index contributed by atoms with van der Waals surface area (Å²) < 4.78 is 16.6. The van der Waals surface area contributed by atoms with Gasteiger partial charge in [0.25, 0.3) is 0 Å². The summed E-state index contributed by atoms with van der Waals surface area (Å²) in [5.74, 6) is 2.11. The van der Waals surface area contributed by atoms with Crippen molar-refractivity contribution in [2.45, 2.75) is 19.6 Å². The summed E-state index contributed by atoms with van der Waals surface area (Å²) in [6.45, 7) is 1.85. The molecule has 0 aromatic heterocycles. The van der Waals surface area contributed by atoms with Crippen molar-refractivity contribution in [2.24, 2.45) is 0 Å². The predicted octanol–water partition coefficient (Wildman–Crippen LogP) is 5.92. The zero-order valence-corrected chi connectivity index (χ0v) is 18.6. The van der Waals surface area contributed by atoms with Crippen LogP contribution in [-0.2, 0) is 19.6 Å². The van der Waals surface area contributed by atoms with E-state index in [1.165, 1.54) is 5.56 Å². The van der Waals surface area contributed by atoms with Crippen molar-refractivity contribution in [3.8, 4) is 17.2 Å². The molecule has 0 fully saturated rings. The molecule has 3 rings (SSSR count). The van der Waals surface area contributed by atoms with Crippen LogP contribution in [0.5, 0.6) is 17.2 Å². The third kappa shape index (κ3) is 6.30. The first-order valence-corrected chi connectivity index (χ1v) is 10.4. The molecule has 0 radical (unpaired) electrons. The fourth-order valence-electron chi connectivity index (χ4n) is 3.02. The minimum atomic E-state index is 0.382. The topological polar surface area (TPSA) is 39.7 Å². The minimum Gasteiger partial charge on any atom is -0.497 e. The van der Waals surface area contributed by atoms with Crippen LogP contribution in [0.25, 0.3) is 0 Å². The average molecular weight is 446 g/mol. The normalized spacial score (nSPS) is 10.7. The number of ether oxygens (including phenoxy) is 3. The van der Waals surface area contributed by atoms with Gasteiger partial charge in [-0.05, 0) is 60.0 Å². The van der Waals surface area contributed by atoms with E-state index in [1.807, 2.05) is 42.5 Å². The summed E-state index contributed by atoms with van der Waals surface area (Å²) >= 11 is 12.5. The van der Waals surface area contributed by atoms with Gasteiger partial charge in [-0.1, -0.05) is 47.5 Å². The van der Waals surface area contributed by atoms with Crippen LogP contribution in [0.3, 0.4) is 0 Å². The van der Waals surface area contributed by atoms with Crippen molar-refractivity contribution in [3.63, 3.8) is 0 Å². The quantitative estimate of drug-likeness (QED) is 0.393. The highest BCUT2D eigenvalue weighted by Crippen LogP contribution is 2.34. The van der Waals surface area contributed by atoms with Crippen LogP contribution in [0.15, 0.2) is 60.7 Å². The van der Waals surface area contributed by atoms with Crippen LogP contribution in [0, 0.1) is 0 Å². The molecule has 0 aliphatic heterocycles. The summed E-state index contributed by atoms with van der Waals surface area (Å²) in [5.41, 5.74) is 3.18. The summed E-state index contributed by atoms with van der Waals surface area (Å²) in [5, 5.41) is 4.74. The van der Waals surface area contributed by atoms with Crippen LogP contribution in [0.4, 0.5) is 0 Å². The molecule has 0 unspecified atom stereocenters. The second-order valence-electron chi connectivity index (χ2n) is 6.79. The molecule has 3 aromatic carbocycles. The van der Waals surface area contributed by atoms with Crippen LogP contribution < -0.4 is 19.5 Å². The molecule has 0 saturated carbocycles. The van der Waals surface area contributed by atoms with Gasteiger partial charge in [0.15, 0.2) is 11.5 Å². The summed E-state index contributed by atoms with van der Waals surface area (Å²) in [6.07, 6.45) is 0.916. The molecule has 0 heterocycles. The second kappa shape index (κ2) is 11.1. The van der Waals surface area contributed by atoms with Gasteiger partial charge in [0.2, 0.25) is 0 Å². The maximum Gasteiger partial charge on any atom is 0.163 e. The van der Waals surface area contributed by atoms with E-state index in [9.17, 15) is 0 Å². The third-order valence-corrected chi connectivity index (χ3v) is 5.27. The third-order valence-electron chi connectivity index (χ3n) is 4.68. The number of hydrogen-bond acceptors (Lipinski definition) is 4. The number of halogens is 2. The maximum atomic E-state index is 6.48. The van der Waals surface area contributed by atoms with Crippen molar-refractivity contribution in [1.29, 1.82) is 0 Å². The Kier molecular flexibility index (Phi) is 8.26. The molecule has 158 valence electrons. The van der Waals surface area contributed by atoms with Gasteiger partial charge < -0.3 is 19.5 Å². The van der Waals surface area contributed by atoms with Crippen LogP contribution >= 0.6 is 23.2 Å². The predicted molar refractivity (Wildman–Crippen MR) is 122 cm³/mol. The average Bonchev–Trinajstić information content (AvgIpc) is 2.76. The Hall–Kier alpha value is -2.40. The van der Waals surface area contributed by atoms with Gasteiger partial charge in [-0.2, -0.15) is 0 Å². The summed E-state index contributed by atoms with van der Waals surface area (Å²) in [7, 11) is 3.29. The first-order chi connectivity index (χ1) is 14.6. The fraction of sp³-hybridized carbons (Fsp3) is 0.250. The minimum absolute atomic E-state index is 0.382. The van der Waals surface area contributed by atoms with E-state index in [0.717, 1.165) is 29.8 Å².